The van der Waals surface area contributed by atoms with E-state index in [1.54, 1.807) is 166 Å². The van der Waals surface area contributed by atoms with E-state index in [1.165, 1.54) is 63.1 Å². The van der Waals surface area contributed by atoms with Crippen LogP contribution in [0, 0.1) is 51.4 Å². The van der Waals surface area contributed by atoms with Crippen LogP contribution < -0.4 is 70.4 Å². The minimum atomic E-state index is -1.59. The highest BCUT2D eigenvalue weighted by atomic mass is 16.6. The van der Waals surface area contributed by atoms with Crippen molar-refractivity contribution < 1.29 is 81.6 Å². The Bertz CT molecular complexity index is 5590. The van der Waals surface area contributed by atoms with E-state index in [-0.39, 0.29) is 59.2 Å². The van der Waals surface area contributed by atoms with E-state index >= 15 is 0 Å². The van der Waals surface area contributed by atoms with Gasteiger partial charge in [0.05, 0.1) is 65.7 Å². The van der Waals surface area contributed by atoms with Gasteiger partial charge in [-0.15, -0.1) is 0 Å². The first kappa shape index (κ1) is 106. The lowest BCUT2D eigenvalue weighted by molar-refractivity contribution is -0.147. The van der Waals surface area contributed by atoms with Gasteiger partial charge in [0.15, 0.2) is 0 Å². The van der Waals surface area contributed by atoms with E-state index in [1.807, 2.05) is 31.3 Å². The fourth-order valence-corrected chi connectivity index (χ4v) is 14.7. The number of carboxylic acid groups (broad SMARTS) is 1. The highest BCUT2D eigenvalue weighted by Crippen LogP contribution is 2.38. The zero-order chi connectivity index (χ0) is 100. The Hall–Kier alpha value is -14.9. The summed E-state index contributed by atoms with van der Waals surface area (Å²) in [4.78, 5) is 195. The average molecular weight is 1880 g/mol. The maximum Gasteiger partial charge on any atom is 0.413 e. The maximum absolute atomic E-state index is 13.2. The quantitative estimate of drug-likeness (QED) is 0.0376. The molecule has 4 aliphatic heterocycles. The van der Waals surface area contributed by atoms with Gasteiger partial charge < -0.3 is 88.4 Å². The summed E-state index contributed by atoms with van der Waals surface area (Å²) in [6.45, 7) is 36.4. The molecule has 41 nitrogen and oxygen atoms in total. The molecule has 8 unspecified atom stereocenters. The molecule has 8 atom stereocenters. The van der Waals surface area contributed by atoms with E-state index in [4.69, 9.17) is 36.5 Å². The molecule has 4 fully saturated rings. The van der Waals surface area contributed by atoms with Crippen molar-refractivity contribution in [1.29, 1.82) is 0 Å². The number of pyridine rings is 8. The number of aryl methyl sites for hydroxylation is 4. The molecule has 12 heterocycles. The van der Waals surface area contributed by atoms with Crippen molar-refractivity contribution in [3.63, 3.8) is 0 Å². The lowest BCUT2D eigenvalue weighted by Crippen LogP contribution is -2.46. The van der Waals surface area contributed by atoms with Crippen LogP contribution in [-0.2, 0) is 62.2 Å². The highest BCUT2D eigenvalue weighted by Gasteiger charge is 2.39. The number of nitrogens with one attached hydrogen (secondary N) is 10. The van der Waals surface area contributed by atoms with Gasteiger partial charge >= 0.3 is 65.6 Å². The van der Waals surface area contributed by atoms with E-state index in [9.17, 15) is 62.3 Å². The molecule has 8 aromatic heterocycles. The molecule has 136 heavy (non-hydrogen) atoms. The standard InChI is InChI=1S/C26H34N6O5.C24H32N6O4.C21H26N6O3.C13H17N3O5.C11H17N3/c1-15-7-9-20(18-8-10-21(27-12-18)29-17(3)33)32(14-15)24(35)23(34)30-19-11-16(2)22(28-13-19)31-25(36)37-26(4,5)6;1-14-6-8-18(16-7-9-19(25)26-11-16)30(13-14)22(32)21(31)28-17-10-15(2)20(27-12-17)29-23(33)34-24(3,4)5;1-12-4-6-17(15-5-7-18(23-9-15)25-14(3)28)27(11-12)21(30)20(29)26-16-8-13(2)19(22)24-10-16;1-7-5-8(15-10(17)11(18)19)6-14-9(7)16-12(20)21-13(2,3)4;1-8-2-4-10(13-6-8)9-3-5-11(12)14-7-9/h8,10-13,15,20H,7,9,14H2,1-6H3,(H,30,34)(H,27,29,33)(H,28,31,36);7,9-12,14,18H,6,8,13H2,1-5H3,(H2,25,26)(H,28,31)(H,27,29,33);5,7-10,12,17H,4,6,11H2,1-3H3,(H2,22,24)(H,26,29)(H,23,25,28);5-6H,1-4H3,(H,15,17)(H,18,19)(H,14,16,20);3,5,7-8,10,13H,2,4,6H2,1H3,(H2,12,14). The van der Waals surface area contributed by atoms with Crippen molar-refractivity contribution in [2.24, 2.45) is 23.7 Å². The minimum Gasteiger partial charge on any atom is -0.474 e. The largest absolute Gasteiger partial charge is 0.474 e. The third-order valence-corrected chi connectivity index (χ3v) is 21.3. The van der Waals surface area contributed by atoms with Gasteiger partial charge in [-0.05, 0) is 265 Å². The highest BCUT2D eigenvalue weighted by molar-refractivity contribution is 6.41. The van der Waals surface area contributed by atoms with Crippen LogP contribution >= 0.6 is 0 Å². The third-order valence-electron chi connectivity index (χ3n) is 21.3. The van der Waals surface area contributed by atoms with Gasteiger partial charge in [-0.2, -0.15) is 0 Å². The maximum atomic E-state index is 13.2. The van der Waals surface area contributed by atoms with Gasteiger partial charge in [0, 0.05) is 64.3 Å². The van der Waals surface area contributed by atoms with E-state index < -0.39 is 82.4 Å². The summed E-state index contributed by atoms with van der Waals surface area (Å²) in [5.74, 6) is -2.64. The summed E-state index contributed by atoms with van der Waals surface area (Å²) in [6, 6.07) is 20.5. The van der Waals surface area contributed by atoms with Crippen LogP contribution in [-0.4, -0.2) is 180 Å². The first-order valence-corrected chi connectivity index (χ1v) is 44.5. The Morgan fingerprint density at radius 3 is 0.934 bits per heavy atom. The predicted molar refractivity (Wildman–Crippen MR) is 514 cm³/mol. The Morgan fingerprint density at radius 1 is 0.360 bits per heavy atom. The van der Waals surface area contributed by atoms with E-state index in [0.29, 0.717) is 107 Å². The molecule has 0 aromatic carbocycles. The number of carbonyl (C=O) groups is 13. The number of carboxylic acids is 1. The van der Waals surface area contributed by atoms with Crippen LogP contribution in [0.4, 0.5) is 83.7 Å². The molecule has 8 aromatic rings. The van der Waals surface area contributed by atoms with Crippen LogP contribution in [0.1, 0.15) is 224 Å². The number of aliphatic carboxylic acids is 1. The summed E-state index contributed by atoms with van der Waals surface area (Å²) in [5.41, 5.74) is 22.5. The fourth-order valence-electron chi connectivity index (χ4n) is 14.7. The van der Waals surface area contributed by atoms with Crippen molar-refractivity contribution in [2.45, 2.75) is 224 Å². The van der Waals surface area contributed by atoms with Crippen LogP contribution in [0.3, 0.4) is 0 Å². The van der Waals surface area contributed by atoms with Gasteiger partial charge in [0.25, 0.3) is 0 Å². The Kier molecular flexibility index (Phi) is 37.7. The number of anilines is 12. The number of nitrogens with zero attached hydrogens (tertiary/aromatic N) is 11. The molecular formula is C95H126N24O17. The molecule has 728 valence electrons. The number of carbonyl (C=O) groups excluding carboxylic acids is 12. The van der Waals surface area contributed by atoms with Gasteiger partial charge in [-0.3, -0.25) is 59.1 Å². The number of nitrogen functional groups attached to an aromatic ring is 3. The molecule has 0 spiro atoms. The zero-order valence-electron chi connectivity index (χ0n) is 80.3. The number of hydrogen-bond donors (Lipinski definition) is 14. The van der Waals surface area contributed by atoms with Crippen molar-refractivity contribution in [3.8, 4) is 0 Å². The number of amides is 12. The lowest BCUT2D eigenvalue weighted by atomic mass is 9.90. The Balaban J connectivity index is 0.000000215. The monoisotopic (exact) mass is 1870 g/mol. The van der Waals surface area contributed by atoms with Crippen molar-refractivity contribution in [1.82, 2.24) is 59.9 Å². The molecule has 17 N–H and O–H groups in total. The summed E-state index contributed by atoms with van der Waals surface area (Å²) < 4.78 is 15.6. The van der Waals surface area contributed by atoms with Crippen LogP contribution in [0.25, 0.3) is 0 Å². The molecule has 4 aliphatic rings. The predicted octanol–water partition coefficient (Wildman–Crippen LogP) is 13.4. The lowest BCUT2D eigenvalue weighted by Gasteiger charge is -2.38. The molecule has 0 bridgehead atoms. The molecule has 0 aliphatic carbocycles. The molecule has 4 saturated heterocycles. The van der Waals surface area contributed by atoms with Crippen LogP contribution in [0.5, 0.6) is 0 Å². The number of likely N-dealkylation sites (tertiary alicyclic amines) is 3. The normalized spacial score (nSPS) is 17.9. The number of ether oxygens (including phenoxy) is 3. The van der Waals surface area contributed by atoms with Crippen LogP contribution in [0.2, 0.25) is 0 Å². The average Bonchev–Trinajstić information content (AvgIpc) is 0.809. The summed E-state index contributed by atoms with van der Waals surface area (Å²) in [6.07, 6.45) is 17.7. The zero-order valence-corrected chi connectivity index (χ0v) is 80.3. The second kappa shape index (κ2) is 48.1. The minimum absolute atomic E-state index is 0.206. The molecule has 12 amide bonds. The van der Waals surface area contributed by atoms with Crippen LogP contribution in [0.15, 0.2) is 122 Å². The topological polar surface area (TPSA) is 581 Å². The number of rotatable bonds is 13. The summed E-state index contributed by atoms with van der Waals surface area (Å²) in [5, 5.41) is 34.9. The fraction of sp³-hybridized carbons (Fsp3) is 0.442. The first-order valence-electron chi connectivity index (χ1n) is 44.5. The van der Waals surface area contributed by atoms with Crippen molar-refractivity contribution in [3.05, 3.63) is 167 Å². The Labute approximate surface area is 790 Å². The SMILES string of the molecule is CC(=O)Nc1ccc(C2CCC(C)CN2C(=O)C(=O)Nc2cnc(N)c(C)c2)cn1.CC(=O)Nc1ccc(C2CCC(C)CN2C(=O)C(=O)Nc2cnc(NC(=O)OC(C)(C)C)c(C)c2)cn1.CC1CCC(c2ccc(N)nc2)NC1.Cc1cc(NC(=O)C(=O)N2CC(C)CCC2c2ccc(N)nc2)cnc1NC(=O)OC(C)(C)C.Cc1cc(NC(=O)C(=O)O)cnc1NC(=O)OC(C)(C)C. The second-order valence-electron chi connectivity index (χ2n) is 37.1. The van der Waals surface area contributed by atoms with Gasteiger partial charge in [-0.25, -0.2) is 59.0 Å². The first-order chi connectivity index (χ1) is 63.8. The van der Waals surface area contributed by atoms with Crippen molar-refractivity contribution >= 4 is 147 Å². The number of hydrogen-bond acceptors (Lipinski definition) is 28. The number of piperidine rings is 4. The second-order valence-corrected chi connectivity index (χ2v) is 37.1. The smallest absolute Gasteiger partial charge is 0.413 e. The molecule has 41 heteroatoms. The molecular weight excluding hydrogens is 1750 g/mol. The summed E-state index contributed by atoms with van der Waals surface area (Å²) >= 11 is 0. The summed E-state index contributed by atoms with van der Waals surface area (Å²) in [7, 11) is 0. The Morgan fingerprint density at radius 2 is 0.662 bits per heavy atom. The van der Waals surface area contributed by atoms with Gasteiger partial charge in [-0.1, -0.05) is 52.0 Å². The number of nitrogens with two attached hydrogens (primary N) is 3. The molecule has 0 saturated carbocycles. The molecule has 12 rings (SSSR count). The van der Waals surface area contributed by atoms with E-state index in [0.717, 1.165) is 66.8 Å². The molecule has 0 radical (unpaired) electrons. The third kappa shape index (κ3) is 34.0. The van der Waals surface area contributed by atoms with Gasteiger partial charge in [0.1, 0.15) is 63.3 Å². The number of aromatic nitrogens is 8. The van der Waals surface area contributed by atoms with Crippen molar-refractivity contribution in [2.75, 3.05) is 91.2 Å². The van der Waals surface area contributed by atoms with Gasteiger partial charge in [0.2, 0.25) is 11.8 Å². The van der Waals surface area contributed by atoms with E-state index in [2.05, 4.69) is 120 Å².